The molecule has 2 atom stereocenters. The summed E-state index contributed by atoms with van der Waals surface area (Å²) < 4.78 is 37.0. The van der Waals surface area contributed by atoms with Gasteiger partial charge in [0.05, 0.1) is 29.2 Å². The fourth-order valence-electron chi connectivity index (χ4n) is 5.02. The summed E-state index contributed by atoms with van der Waals surface area (Å²) in [6.45, 7) is 10.6. The van der Waals surface area contributed by atoms with Crippen molar-refractivity contribution in [3.63, 3.8) is 0 Å². The first-order valence-corrected chi connectivity index (χ1v) is 14.8. The van der Waals surface area contributed by atoms with Gasteiger partial charge in [0, 0.05) is 19.6 Å². The number of hydrogen-bond acceptors (Lipinski definition) is 6. The lowest BCUT2D eigenvalue weighted by atomic mass is 9.81. The average molecular weight is 555 g/mol. The zero-order valence-corrected chi connectivity index (χ0v) is 24.1. The van der Waals surface area contributed by atoms with E-state index in [1.165, 1.54) is 0 Å². The molecule has 1 aromatic heterocycles. The second kappa shape index (κ2) is 11.6. The molecule has 0 aliphatic carbocycles. The molecule has 1 aliphatic rings. The van der Waals surface area contributed by atoms with Gasteiger partial charge in [-0.1, -0.05) is 55.0 Å². The molecule has 39 heavy (non-hydrogen) atoms. The Balaban J connectivity index is 1.68. The highest BCUT2D eigenvalue weighted by Crippen LogP contribution is 2.39. The number of hydrogen-bond donors (Lipinski definition) is 1. The summed E-state index contributed by atoms with van der Waals surface area (Å²) in [4.78, 5) is 12.6. The zero-order valence-electron chi connectivity index (χ0n) is 23.3. The highest BCUT2D eigenvalue weighted by Gasteiger charge is 2.40. The van der Waals surface area contributed by atoms with Crippen LogP contribution in [0.15, 0.2) is 53.6 Å². The Labute approximate surface area is 230 Å². The third kappa shape index (κ3) is 6.08. The minimum atomic E-state index is -3.71. The maximum absolute atomic E-state index is 13.8. The number of aromatic nitrogens is 3. The van der Waals surface area contributed by atoms with E-state index in [1.807, 2.05) is 44.2 Å². The molecule has 1 aliphatic heterocycles. The first kappa shape index (κ1) is 28.9. The monoisotopic (exact) mass is 554 g/mol. The number of carboxylic acid groups (broad SMARTS) is 1. The SMILES string of the molecule is CC[C@H]1Cc2ccccc2S(=O)(=O)N(Cc2cc([C@@H](OCc3cn(CC)nn3)C(C)(C)C(=O)O)ccc2C)C1. The zero-order chi connectivity index (χ0) is 28.4. The second-order valence-electron chi connectivity index (χ2n) is 10.9. The van der Waals surface area contributed by atoms with Crippen LogP contribution < -0.4 is 0 Å². The molecule has 2 heterocycles. The van der Waals surface area contributed by atoms with Crippen LogP contribution in [0.1, 0.15) is 68.2 Å². The lowest BCUT2D eigenvalue weighted by Crippen LogP contribution is -2.34. The van der Waals surface area contributed by atoms with Crippen LogP contribution in [0.5, 0.6) is 0 Å². The van der Waals surface area contributed by atoms with E-state index in [1.54, 1.807) is 41.2 Å². The van der Waals surface area contributed by atoms with Crippen LogP contribution in [0, 0.1) is 18.3 Å². The molecule has 9 nitrogen and oxygen atoms in total. The lowest BCUT2D eigenvalue weighted by molar-refractivity contribution is -0.158. The Morgan fingerprint density at radius 3 is 2.62 bits per heavy atom. The van der Waals surface area contributed by atoms with Crippen molar-refractivity contribution >= 4 is 16.0 Å². The molecule has 210 valence electrons. The van der Waals surface area contributed by atoms with Crippen molar-refractivity contribution in [3.05, 3.63) is 76.6 Å². The molecular weight excluding hydrogens is 516 g/mol. The smallest absolute Gasteiger partial charge is 0.312 e. The van der Waals surface area contributed by atoms with E-state index in [9.17, 15) is 18.3 Å². The maximum atomic E-state index is 13.8. The van der Waals surface area contributed by atoms with Gasteiger partial charge in [-0.2, -0.15) is 4.31 Å². The van der Waals surface area contributed by atoms with E-state index < -0.39 is 27.5 Å². The predicted molar refractivity (Wildman–Crippen MR) is 147 cm³/mol. The lowest BCUT2D eigenvalue weighted by Gasteiger charge is -2.31. The van der Waals surface area contributed by atoms with E-state index in [2.05, 4.69) is 17.2 Å². The number of benzene rings is 2. The topological polar surface area (TPSA) is 115 Å². The van der Waals surface area contributed by atoms with Crippen molar-refractivity contribution < 1.29 is 23.1 Å². The number of carbonyl (C=O) groups is 1. The van der Waals surface area contributed by atoms with Crippen LogP contribution in [0.2, 0.25) is 0 Å². The van der Waals surface area contributed by atoms with Crippen LogP contribution in [-0.4, -0.2) is 45.3 Å². The van der Waals surface area contributed by atoms with Gasteiger partial charge in [-0.3, -0.25) is 9.48 Å². The molecule has 0 saturated carbocycles. The van der Waals surface area contributed by atoms with Gasteiger partial charge in [-0.15, -0.1) is 5.10 Å². The van der Waals surface area contributed by atoms with Crippen molar-refractivity contribution in [1.82, 2.24) is 19.3 Å². The van der Waals surface area contributed by atoms with Gasteiger partial charge < -0.3 is 9.84 Å². The van der Waals surface area contributed by atoms with E-state index >= 15 is 0 Å². The molecule has 0 radical (unpaired) electrons. The van der Waals surface area contributed by atoms with Crippen LogP contribution >= 0.6 is 0 Å². The van der Waals surface area contributed by atoms with Crippen molar-refractivity contribution in [1.29, 1.82) is 0 Å². The quantitative estimate of drug-likeness (QED) is 0.385. The molecule has 10 heteroatoms. The van der Waals surface area contributed by atoms with Gasteiger partial charge in [0.1, 0.15) is 5.69 Å². The van der Waals surface area contributed by atoms with E-state index in [0.29, 0.717) is 35.7 Å². The molecule has 0 unspecified atom stereocenters. The summed E-state index contributed by atoms with van der Waals surface area (Å²) in [5, 5.41) is 18.2. The normalized spacial score (nSPS) is 18.3. The summed E-state index contributed by atoms with van der Waals surface area (Å²) in [6, 6.07) is 12.9. The number of sulfonamides is 1. The Bertz CT molecular complexity index is 1430. The molecule has 2 aromatic carbocycles. The van der Waals surface area contributed by atoms with Gasteiger partial charge in [0.25, 0.3) is 0 Å². The van der Waals surface area contributed by atoms with E-state index in [4.69, 9.17) is 4.74 Å². The summed E-state index contributed by atoms with van der Waals surface area (Å²) in [6.07, 6.45) is 2.56. The van der Waals surface area contributed by atoms with Crippen LogP contribution in [-0.2, 0) is 45.7 Å². The largest absolute Gasteiger partial charge is 0.481 e. The van der Waals surface area contributed by atoms with Gasteiger partial charge in [-0.05, 0) is 68.4 Å². The third-order valence-electron chi connectivity index (χ3n) is 7.68. The molecule has 0 bridgehead atoms. The second-order valence-corrected chi connectivity index (χ2v) is 12.8. The van der Waals surface area contributed by atoms with Crippen LogP contribution in [0.25, 0.3) is 0 Å². The summed E-state index contributed by atoms with van der Waals surface area (Å²) >= 11 is 0. The third-order valence-corrected chi connectivity index (χ3v) is 9.59. The number of aryl methyl sites for hydroxylation is 2. The Hall–Kier alpha value is -3.08. The van der Waals surface area contributed by atoms with Gasteiger partial charge >= 0.3 is 5.97 Å². The first-order chi connectivity index (χ1) is 18.5. The standard InChI is InChI=1S/C29H38N4O5S/c1-6-21-14-22-10-8-9-11-26(22)39(36,37)33(16-21)17-24-15-23(13-12-20(24)3)27(29(4,5)28(34)35)38-19-25-18-32(7-2)31-30-25/h8-13,15,18,21,27H,6-7,14,16-17,19H2,1-5H3,(H,34,35)/t21-,27+/m0/s1. The summed E-state index contributed by atoms with van der Waals surface area (Å²) in [7, 11) is -3.71. The van der Waals surface area contributed by atoms with Gasteiger partial charge in [0.2, 0.25) is 10.0 Å². The fourth-order valence-corrected chi connectivity index (χ4v) is 6.75. The van der Waals surface area contributed by atoms with Gasteiger partial charge in [-0.25, -0.2) is 8.42 Å². The number of nitrogens with zero attached hydrogens (tertiary/aromatic N) is 4. The molecule has 4 rings (SSSR count). The number of fused-ring (bicyclic) bond motifs is 1. The number of aliphatic carboxylic acids is 1. The Morgan fingerprint density at radius 2 is 1.95 bits per heavy atom. The molecule has 0 amide bonds. The van der Waals surface area contributed by atoms with Gasteiger partial charge in [0.15, 0.2) is 0 Å². The van der Waals surface area contributed by atoms with Crippen LogP contribution in [0.4, 0.5) is 0 Å². The minimum absolute atomic E-state index is 0.0973. The molecule has 1 N–H and O–H groups in total. The first-order valence-electron chi connectivity index (χ1n) is 13.4. The van der Waals surface area contributed by atoms with Crippen molar-refractivity contribution in [2.75, 3.05) is 6.54 Å². The highest BCUT2D eigenvalue weighted by molar-refractivity contribution is 7.89. The van der Waals surface area contributed by atoms with E-state index in [-0.39, 0.29) is 19.1 Å². The van der Waals surface area contributed by atoms with Crippen molar-refractivity contribution in [3.8, 4) is 0 Å². The maximum Gasteiger partial charge on any atom is 0.312 e. The Kier molecular flexibility index (Phi) is 8.58. The summed E-state index contributed by atoms with van der Waals surface area (Å²) in [5.74, 6) is -0.796. The molecule has 0 saturated heterocycles. The Morgan fingerprint density at radius 1 is 1.21 bits per heavy atom. The molecule has 0 spiro atoms. The summed E-state index contributed by atoms with van der Waals surface area (Å²) in [5.41, 5.74) is 2.62. The number of rotatable bonds is 10. The number of ether oxygens (including phenoxy) is 1. The molecule has 3 aromatic rings. The minimum Gasteiger partial charge on any atom is -0.481 e. The van der Waals surface area contributed by atoms with E-state index in [0.717, 1.165) is 23.1 Å². The van der Waals surface area contributed by atoms with Crippen molar-refractivity contribution in [2.45, 2.75) is 78.2 Å². The molecular formula is C29H38N4O5S. The predicted octanol–water partition coefficient (Wildman–Crippen LogP) is 4.75. The molecule has 0 fully saturated rings. The highest BCUT2D eigenvalue weighted by atomic mass is 32.2. The van der Waals surface area contributed by atoms with Crippen LogP contribution in [0.3, 0.4) is 0 Å². The fraction of sp³-hybridized carbons (Fsp3) is 0.483. The van der Waals surface area contributed by atoms with Crippen molar-refractivity contribution in [2.24, 2.45) is 11.3 Å². The average Bonchev–Trinajstić information content (AvgIpc) is 3.33. The number of carboxylic acids is 1.